The maximum absolute atomic E-state index is 13.3. The van der Waals surface area contributed by atoms with Crippen LogP contribution in [0.4, 0.5) is 0 Å². The third-order valence-corrected chi connectivity index (χ3v) is 5.70. The quantitative estimate of drug-likeness (QED) is 0.399. The molecule has 5 rings (SSSR count). The van der Waals surface area contributed by atoms with Gasteiger partial charge in [0.1, 0.15) is 6.04 Å². The Morgan fingerprint density at radius 3 is 2.50 bits per heavy atom. The molecule has 2 amide bonds. The van der Waals surface area contributed by atoms with Gasteiger partial charge in [-0.25, -0.2) is 9.67 Å². The van der Waals surface area contributed by atoms with E-state index in [2.05, 4.69) is 20.7 Å². The summed E-state index contributed by atoms with van der Waals surface area (Å²) >= 11 is 0. The predicted molar refractivity (Wildman–Crippen MR) is 126 cm³/mol. The summed E-state index contributed by atoms with van der Waals surface area (Å²) in [5.41, 5.74) is 1.86. The minimum absolute atomic E-state index is 0.0448. The van der Waals surface area contributed by atoms with Gasteiger partial charge in [-0.3, -0.25) is 14.4 Å². The summed E-state index contributed by atoms with van der Waals surface area (Å²) in [4.78, 5) is 43.2. The van der Waals surface area contributed by atoms with Crippen LogP contribution in [-0.4, -0.2) is 44.4 Å². The van der Waals surface area contributed by atoms with Crippen LogP contribution in [0, 0.1) is 0 Å². The normalized spacial score (nSPS) is 13.9. The minimum atomic E-state index is -1.02. The highest BCUT2D eigenvalue weighted by Crippen LogP contribution is 2.19. The lowest BCUT2D eigenvalue weighted by Crippen LogP contribution is -2.49. The second-order valence-corrected chi connectivity index (χ2v) is 8.33. The van der Waals surface area contributed by atoms with Crippen molar-refractivity contribution in [1.82, 2.24) is 25.4 Å². The van der Waals surface area contributed by atoms with Crippen LogP contribution in [0.3, 0.4) is 0 Å². The Morgan fingerprint density at radius 2 is 1.74 bits per heavy atom. The van der Waals surface area contributed by atoms with E-state index in [1.807, 2.05) is 54.6 Å². The molecule has 2 N–H and O–H groups in total. The van der Waals surface area contributed by atoms with E-state index in [-0.39, 0.29) is 18.0 Å². The molecular formula is C26H23N5O3. The number of rotatable bonds is 8. The smallest absolute Gasteiger partial charge is 0.289 e. The molecule has 0 aliphatic heterocycles. The first kappa shape index (κ1) is 21.5. The molecule has 1 unspecified atom stereocenters. The molecule has 0 saturated heterocycles. The van der Waals surface area contributed by atoms with Gasteiger partial charge in [-0.05, 0) is 36.6 Å². The lowest BCUT2D eigenvalue weighted by molar-refractivity contribution is -0.139. The molecular weight excluding hydrogens is 430 g/mol. The lowest BCUT2D eigenvalue weighted by Gasteiger charge is -2.18. The molecule has 0 bridgehead atoms. The lowest BCUT2D eigenvalue weighted by atomic mass is 10.0. The zero-order valence-electron chi connectivity index (χ0n) is 18.3. The van der Waals surface area contributed by atoms with Gasteiger partial charge in [0.15, 0.2) is 5.82 Å². The van der Waals surface area contributed by atoms with Crippen LogP contribution in [0.5, 0.6) is 0 Å². The maximum atomic E-state index is 13.3. The monoisotopic (exact) mass is 453 g/mol. The van der Waals surface area contributed by atoms with Crippen LogP contribution in [0.1, 0.15) is 28.8 Å². The molecule has 0 radical (unpaired) electrons. The van der Waals surface area contributed by atoms with Crippen molar-refractivity contribution in [2.24, 2.45) is 0 Å². The van der Waals surface area contributed by atoms with E-state index in [0.717, 1.165) is 29.3 Å². The average Bonchev–Trinajstić information content (AvgIpc) is 3.57. The van der Waals surface area contributed by atoms with Crippen molar-refractivity contribution >= 4 is 28.5 Å². The Bertz CT molecular complexity index is 1330. The largest absolute Gasteiger partial charge is 0.347 e. The van der Waals surface area contributed by atoms with Crippen molar-refractivity contribution in [3.8, 4) is 5.82 Å². The topological polar surface area (TPSA) is 106 Å². The first-order valence-corrected chi connectivity index (χ1v) is 11.2. The van der Waals surface area contributed by atoms with Gasteiger partial charge in [0.25, 0.3) is 11.8 Å². The van der Waals surface area contributed by atoms with Gasteiger partial charge >= 0.3 is 0 Å². The Balaban J connectivity index is 1.42. The summed E-state index contributed by atoms with van der Waals surface area (Å²) in [7, 11) is 0. The number of nitrogens with zero attached hydrogens (tertiary/aromatic N) is 3. The molecule has 2 heterocycles. The Labute approximate surface area is 196 Å². The molecule has 1 saturated carbocycles. The summed E-state index contributed by atoms with van der Waals surface area (Å²) in [5, 5.41) is 10.9. The second-order valence-electron chi connectivity index (χ2n) is 8.33. The molecule has 1 atom stereocenters. The molecule has 8 heteroatoms. The number of hydrogen-bond donors (Lipinski definition) is 2. The number of pyridine rings is 1. The van der Waals surface area contributed by atoms with Gasteiger partial charge in [-0.2, -0.15) is 5.10 Å². The van der Waals surface area contributed by atoms with E-state index in [4.69, 9.17) is 0 Å². The number of carbonyl (C=O) groups is 3. The fraction of sp³-hybridized carbons (Fsp3) is 0.192. The van der Waals surface area contributed by atoms with Crippen molar-refractivity contribution < 1.29 is 14.4 Å². The Hall–Kier alpha value is -4.33. The summed E-state index contributed by atoms with van der Waals surface area (Å²) in [6.45, 7) is 0. The van der Waals surface area contributed by atoms with E-state index >= 15 is 0 Å². The second kappa shape index (κ2) is 9.27. The van der Waals surface area contributed by atoms with E-state index in [0.29, 0.717) is 5.82 Å². The number of hydrogen-bond acceptors (Lipinski definition) is 5. The first-order valence-electron chi connectivity index (χ1n) is 11.2. The summed E-state index contributed by atoms with van der Waals surface area (Å²) in [5.74, 6) is -1.51. The maximum Gasteiger partial charge on any atom is 0.289 e. The van der Waals surface area contributed by atoms with Gasteiger partial charge < -0.3 is 10.6 Å². The molecule has 1 aliphatic rings. The van der Waals surface area contributed by atoms with E-state index in [9.17, 15) is 14.4 Å². The van der Waals surface area contributed by atoms with Crippen molar-refractivity contribution in [1.29, 1.82) is 0 Å². The van der Waals surface area contributed by atoms with Gasteiger partial charge in [0, 0.05) is 30.2 Å². The van der Waals surface area contributed by atoms with Crippen LogP contribution in [0.15, 0.2) is 79.1 Å². The number of aromatic nitrogens is 3. The predicted octanol–water partition coefficient (Wildman–Crippen LogP) is 2.61. The Kier molecular flexibility index (Phi) is 5.86. The van der Waals surface area contributed by atoms with Gasteiger partial charge in [0.2, 0.25) is 5.78 Å². The van der Waals surface area contributed by atoms with Gasteiger partial charge in [-0.1, -0.05) is 48.5 Å². The third kappa shape index (κ3) is 4.71. The van der Waals surface area contributed by atoms with E-state index in [1.165, 1.54) is 0 Å². The number of amides is 2. The zero-order chi connectivity index (χ0) is 23.5. The highest BCUT2D eigenvalue weighted by atomic mass is 16.2. The van der Waals surface area contributed by atoms with Crippen molar-refractivity contribution in [3.63, 3.8) is 0 Å². The highest BCUT2D eigenvalue weighted by Gasteiger charge is 2.32. The number of nitrogens with one attached hydrogen (secondary N) is 2. The van der Waals surface area contributed by atoms with Crippen molar-refractivity contribution in [2.45, 2.75) is 31.3 Å². The summed E-state index contributed by atoms with van der Waals surface area (Å²) in [6, 6.07) is 19.2. The molecule has 4 aromatic rings. The van der Waals surface area contributed by atoms with E-state index in [1.54, 1.807) is 29.2 Å². The number of carbonyl (C=O) groups excluding carboxylic acids is 3. The number of benzene rings is 2. The number of ketones is 1. The molecule has 2 aromatic heterocycles. The number of Topliss-reactive ketones (excluding diaryl/α,β-unsaturated/α-hetero) is 1. The molecule has 8 nitrogen and oxygen atoms in total. The van der Waals surface area contributed by atoms with Crippen LogP contribution in [0.25, 0.3) is 16.7 Å². The van der Waals surface area contributed by atoms with Crippen LogP contribution >= 0.6 is 0 Å². The third-order valence-electron chi connectivity index (χ3n) is 5.70. The van der Waals surface area contributed by atoms with Crippen LogP contribution < -0.4 is 10.6 Å². The minimum Gasteiger partial charge on any atom is -0.347 e. The van der Waals surface area contributed by atoms with Crippen molar-refractivity contribution in [3.05, 3.63) is 90.3 Å². The molecule has 2 aromatic carbocycles. The van der Waals surface area contributed by atoms with Gasteiger partial charge in [0.05, 0.1) is 11.1 Å². The van der Waals surface area contributed by atoms with Crippen LogP contribution in [0.2, 0.25) is 0 Å². The standard InChI is InChI=1S/C26H23N5O3/c32-23(26(34)28-19-12-13-19)22(15-17-7-2-1-3-8-17)29-25(33)20-10-6-14-27-24(20)31-16-18-9-4-5-11-21(18)30-31/h1-11,14,16,19,22H,12-13,15H2,(H,28,34)(H,29,33). The molecule has 34 heavy (non-hydrogen) atoms. The summed E-state index contributed by atoms with van der Waals surface area (Å²) in [6.07, 6.45) is 5.31. The first-order chi connectivity index (χ1) is 16.6. The number of fused-ring (bicyclic) bond motifs is 1. The molecule has 170 valence electrons. The average molecular weight is 454 g/mol. The van der Waals surface area contributed by atoms with Crippen molar-refractivity contribution in [2.75, 3.05) is 0 Å². The Morgan fingerprint density at radius 1 is 0.971 bits per heavy atom. The van der Waals surface area contributed by atoms with Gasteiger partial charge in [-0.15, -0.1) is 0 Å². The zero-order valence-corrected chi connectivity index (χ0v) is 18.3. The molecule has 1 aliphatic carbocycles. The fourth-order valence-electron chi connectivity index (χ4n) is 3.77. The SMILES string of the molecule is O=C(NC1CC1)C(=O)C(Cc1ccccc1)NC(=O)c1cccnc1-n1cc2ccccc2n1. The summed E-state index contributed by atoms with van der Waals surface area (Å²) < 4.78 is 1.55. The van der Waals surface area contributed by atoms with E-state index < -0.39 is 23.6 Å². The molecule has 0 spiro atoms. The highest BCUT2D eigenvalue weighted by molar-refractivity contribution is 6.38. The fourth-order valence-corrected chi connectivity index (χ4v) is 3.77. The molecule has 1 fully saturated rings. The van der Waals surface area contributed by atoms with Crippen LogP contribution in [-0.2, 0) is 16.0 Å².